The van der Waals surface area contributed by atoms with Crippen LogP contribution < -0.4 is 16.0 Å². The second kappa shape index (κ2) is 6.17. The molecule has 0 atom stereocenters. The van der Waals surface area contributed by atoms with Gasteiger partial charge in [0.1, 0.15) is 5.69 Å². The number of pyridine rings is 1. The number of hydrogen-bond acceptors (Lipinski definition) is 4. The lowest BCUT2D eigenvalue weighted by Crippen LogP contribution is -2.38. The molecule has 0 aliphatic heterocycles. The summed E-state index contributed by atoms with van der Waals surface area (Å²) in [6.45, 7) is 2.78. The molecule has 1 aliphatic rings. The van der Waals surface area contributed by atoms with E-state index in [0.717, 1.165) is 25.1 Å². The fourth-order valence-electron chi connectivity index (χ4n) is 1.59. The summed E-state index contributed by atoms with van der Waals surface area (Å²) in [7, 11) is 0. The highest BCUT2D eigenvalue weighted by atomic mass is 16.2. The molecule has 0 saturated heterocycles. The van der Waals surface area contributed by atoms with E-state index in [2.05, 4.69) is 20.9 Å². The predicted octanol–water partition coefficient (Wildman–Crippen LogP) is 0.522. The van der Waals surface area contributed by atoms with Gasteiger partial charge in [0.15, 0.2) is 0 Å². The van der Waals surface area contributed by atoms with Crippen LogP contribution in [0.4, 0.5) is 5.69 Å². The van der Waals surface area contributed by atoms with E-state index in [-0.39, 0.29) is 18.4 Å². The fraction of sp³-hybridized carbons (Fsp3) is 0.462. The van der Waals surface area contributed by atoms with Gasteiger partial charge in [0, 0.05) is 12.6 Å². The normalized spacial score (nSPS) is 13.7. The molecule has 0 unspecified atom stereocenters. The Morgan fingerprint density at radius 2 is 2.16 bits per heavy atom. The smallest absolute Gasteiger partial charge is 0.270 e. The Labute approximate surface area is 112 Å². The molecule has 1 aromatic rings. The molecular weight excluding hydrogens is 244 g/mol. The summed E-state index contributed by atoms with van der Waals surface area (Å²) in [6.07, 6.45) is 3.67. The first-order valence-electron chi connectivity index (χ1n) is 6.46. The minimum atomic E-state index is -0.339. The van der Waals surface area contributed by atoms with Crippen molar-refractivity contribution in [3.8, 4) is 0 Å². The van der Waals surface area contributed by atoms with E-state index in [4.69, 9.17) is 0 Å². The van der Waals surface area contributed by atoms with Gasteiger partial charge in [-0.25, -0.2) is 4.98 Å². The van der Waals surface area contributed by atoms with Gasteiger partial charge in [-0.1, -0.05) is 0 Å². The minimum absolute atomic E-state index is 0.00796. The molecular formula is C13H18N4O2. The van der Waals surface area contributed by atoms with Gasteiger partial charge in [-0.2, -0.15) is 0 Å². The Hall–Kier alpha value is -2.11. The number of amides is 2. The number of carbonyl (C=O) groups excluding carboxylic acids is 2. The van der Waals surface area contributed by atoms with Crippen molar-refractivity contribution in [1.29, 1.82) is 0 Å². The largest absolute Gasteiger partial charge is 0.384 e. The van der Waals surface area contributed by atoms with Gasteiger partial charge in [0.25, 0.3) is 5.91 Å². The van der Waals surface area contributed by atoms with Gasteiger partial charge in [-0.05, 0) is 31.9 Å². The quantitative estimate of drug-likeness (QED) is 0.698. The van der Waals surface area contributed by atoms with E-state index in [1.54, 1.807) is 18.3 Å². The van der Waals surface area contributed by atoms with Crippen molar-refractivity contribution in [2.75, 3.05) is 18.4 Å². The van der Waals surface area contributed by atoms with Gasteiger partial charge in [-0.15, -0.1) is 0 Å². The molecule has 1 heterocycles. The second-order valence-electron chi connectivity index (χ2n) is 4.49. The number of anilines is 1. The van der Waals surface area contributed by atoms with Crippen molar-refractivity contribution in [2.24, 2.45) is 0 Å². The number of nitrogens with one attached hydrogen (secondary N) is 3. The summed E-state index contributed by atoms with van der Waals surface area (Å²) >= 11 is 0. The minimum Gasteiger partial charge on any atom is -0.384 e. The Balaban J connectivity index is 1.79. The van der Waals surface area contributed by atoms with E-state index in [0.29, 0.717) is 11.7 Å². The third-order valence-corrected chi connectivity index (χ3v) is 2.73. The van der Waals surface area contributed by atoms with Crippen LogP contribution in [0.1, 0.15) is 30.3 Å². The third kappa shape index (κ3) is 4.24. The van der Waals surface area contributed by atoms with Gasteiger partial charge in [-0.3, -0.25) is 9.59 Å². The van der Waals surface area contributed by atoms with Crippen LogP contribution in [0.15, 0.2) is 18.3 Å². The molecule has 3 N–H and O–H groups in total. The molecule has 0 bridgehead atoms. The number of carbonyl (C=O) groups is 2. The SMILES string of the molecule is CCNc1ccc(C(=O)NCC(=O)NC2CC2)nc1. The molecule has 1 fully saturated rings. The lowest BCUT2D eigenvalue weighted by Gasteiger charge is -2.06. The molecule has 19 heavy (non-hydrogen) atoms. The summed E-state index contributed by atoms with van der Waals surface area (Å²) in [4.78, 5) is 27.2. The first-order chi connectivity index (χ1) is 9.19. The van der Waals surface area contributed by atoms with Crippen molar-refractivity contribution < 1.29 is 9.59 Å². The molecule has 1 aromatic heterocycles. The van der Waals surface area contributed by atoms with Crippen LogP contribution in [0.5, 0.6) is 0 Å². The van der Waals surface area contributed by atoms with Crippen LogP contribution >= 0.6 is 0 Å². The van der Waals surface area contributed by atoms with Crippen molar-refractivity contribution >= 4 is 17.5 Å². The number of nitrogens with zero attached hydrogens (tertiary/aromatic N) is 1. The number of aromatic nitrogens is 1. The Morgan fingerprint density at radius 1 is 1.37 bits per heavy atom. The van der Waals surface area contributed by atoms with Crippen molar-refractivity contribution in [2.45, 2.75) is 25.8 Å². The molecule has 1 saturated carbocycles. The lowest BCUT2D eigenvalue weighted by molar-refractivity contribution is -0.120. The van der Waals surface area contributed by atoms with E-state index in [1.165, 1.54) is 0 Å². The molecule has 1 aliphatic carbocycles. The first-order valence-corrected chi connectivity index (χ1v) is 6.46. The topological polar surface area (TPSA) is 83.1 Å². The maximum absolute atomic E-state index is 11.7. The zero-order valence-electron chi connectivity index (χ0n) is 10.9. The van der Waals surface area contributed by atoms with Gasteiger partial charge >= 0.3 is 0 Å². The summed E-state index contributed by atoms with van der Waals surface area (Å²) in [6, 6.07) is 3.73. The molecule has 102 valence electrons. The van der Waals surface area contributed by atoms with E-state index >= 15 is 0 Å². The fourth-order valence-corrected chi connectivity index (χ4v) is 1.59. The van der Waals surface area contributed by atoms with Crippen molar-refractivity contribution in [3.63, 3.8) is 0 Å². The monoisotopic (exact) mass is 262 g/mol. The van der Waals surface area contributed by atoms with Gasteiger partial charge in [0.05, 0.1) is 18.4 Å². The van der Waals surface area contributed by atoms with Crippen LogP contribution in [-0.2, 0) is 4.79 Å². The average Bonchev–Trinajstić information content (AvgIpc) is 3.21. The standard InChI is InChI=1S/C13H18N4O2/c1-2-14-10-5-6-11(15-7-10)13(19)16-8-12(18)17-9-3-4-9/h5-7,9,14H,2-4,8H2,1H3,(H,16,19)(H,17,18). The second-order valence-corrected chi connectivity index (χ2v) is 4.49. The van der Waals surface area contributed by atoms with Gasteiger partial charge < -0.3 is 16.0 Å². The Bertz CT molecular complexity index is 454. The first kappa shape index (κ1) is 13.3. The summed E-state index contributed by atoms with van der Waals surface area (Å²) in [5, 5.41) is 8.45. The van der Waals surface area contributed by atoms with Crippen LogP contribution in [0, 0.1) is 0 Å². The molecule has 0 spiro atoms. The zero-order chi connectivity index (χ0) is 13.7. The molecule has 6 nitrogen and oxygen atoms in total. The maximum Gasteiger partial charge on any atom is 0.270 e. The van der Waals surface area contributed by atoms with Crippen molar-refractivity contribution in [1.82, 2.24) is 15.6 Å². The highest BCUT2D eigenvalue weighted by Crippen LogP contribution is 2.18. The van der Waals surface area contributed by atoms with E-state index in [9.17, 15) is 9.59 Å². The average molecular weight is 262 g/mol. The van der Waals surface area contributed by atoms with Gasteiger partial charge in [0.2, 0.25) is 5.91 Å². The van der Waals surface area contributed by atoms with Crippen molar-refractivity contribution in [3.05, 3.63) is 24.0 Å². The molecule has 2 amide bonds. The third-order valence-electron chi connectivity index (χ3n) is 2.73. The van der Waals surface area contributed by atoms with Crippen LogP contribution in [0.25, 0.3) is 0 Å². The zero-order valence-corrected chi connectivity index (χ0v) is 10.9. The van der Waals surface area contributed by atoms with E-state index < -0.39 is 0 Å². The highest BCUT2D eigenvalue weighted by molar-refractivity contribution is 5.95. The van der Waals surface area contributed by atoms with Crippen LogP contribution in [0.3, 0.4) is 0 Å². The predicted molar refractivity (Wildman–Crippen MR) is 71.9 cm³/mol. The highest BCUT2D eigenvalue weighted by Gasteiger charge is 2.23. The summed E-state index contributed by atoms with van der Waals surface area (Å²) in [5.74, 6) is -0.492. The number of hydrogen-bond donors (Lipinski definition) is 3. The summed E-state index contributed by atoms with van der Waals surface area (Å²) in [5.41, 5.74) is 1.17. The molecule has 6 heteroatoms. The van der Waals surface area contributed by atoms with Crippen LogP contribution in [-0.4, -0.2) is 35.9 Å². The Morgan fingerprint density at radius 3 is 2.74 bits per heavy atom. The molecule has 0 radical (unpaired) electrons. The lowest BCUT2D eigenvalue weighted by atomic mass is 10.3. The number of rotatable bonds is 6. The Kier molecular flexibility index (Phi) is 4.33. The summed E-state index contributed by atoms with van der Waals surface area (Å²) < 4.78 is 0. The molecule has 2 rings (SSSR count). The molecule has 0 aromatic carbocycles. The maximum atomic E-state index is 11.7. The van der Waals surface area contributed by atoms with Crippen LogP contribution in [0.2, 0.25) is 0 Å². The van der Waals surface area contributed by atoms with E-state index in [1.807, 2.05) is 6.92 Å².